The minimum Gasteiger partial charge on any atom is -0.212 e. The molecule has 0 aromatic carbocycles. The summed E-state index contributed by atoms with van der Waals surface area (Å²) in [7, 11) is 0. The van der Waals surface area contributed by atoms with Crippen molar-refractivity contribution in [2.24, 2.45) is 0 Å². The van der Waals surface area contributed by atoms with Gasteiger partial charge < -0.3 is 0 Å². The molecule has 0 aliphatic carbocycles. The molecule has 0 unspecified atom stereocenters. The quantitative estimate of drug-likeness (QED) is 0.523. The smallest absolute Gasteiger partial charge is 0.196 e. The highest BCUT2D eigenvalue weighted by molar-refractivity contribution is 7.16. The lowest BCUT2D eigenvalue weighted by atomic mass is 10.7. The summed E-state index contributed by atoms with van der Waals surface area (Å²) in [6.07, 6.45) is 1.62. The molecule has 43 valence electrons. The van der Waals surface area contributed by atoms with E-state index in [9.17, 15) is 0 Å². The Labute approximate surface area is 54.6 Å². The lowest BCUT2D eigenvalue weighted by Crippen LogP contribution is -1.83. The molecule has 0 fully saturated rings. The first-order valence-electron chi connectivity index (χ1n) is 2.28. The van der Waals surface area contributed by atoms with Gasteiger partial charge >= 0.3 is 0 Å². The maximum absolute atomic E-state index is 3.80. The Morgan fingerprint density at radius 1 is 1.56 bits per heavy atom. The minimum atomic E-state index is 0.620. The van der Waals surface area contributed by atoms with Crippen LogP contribution in [0.5, 0.6) is 0 Å². The third-order valence-corrected chi connectivity index (χ3v) is 1.58. The normalized spacial score (nSPS) is 10.2. The Bertz CT molecular complexity index is 287. The lowest BCUT2D eigenvalue weighted by Gasteiger charge is -1.77. The van der Waals surface area contributed by atoms with E-state index in [2.05, 4.69) is 25.9 Å². The Kier molecular flexibility index (Phi) is 0.895. The third-order valence-electron chi connectivity index (χ3n) is 0.894. The number of thiazole rings is 1. The van der Waals surface area contributed by atoms with Crippen LogP contribution in [0.3, 0.4) is 0 Å². The zero-order chi connectivity index (χ0) is 6.10. The molecular weight excluding hydrogens is 136 g/mol. The molecule has 0 amide bonds. The zero-order valence-corrected chi connectivity index (χ0v) is 5.09. The third kappa shape index (κ3) is 0.655. The van der Waals surface area contributed by atoms with E-state index >= 15 is 0 Å². The van der Waals surface area contributed by atoms with Crippen molar-refractivity contribution >= 4 is 21.7 Å². The molecule has 4 nitrogen and oxygen atoms in total. The van der Waals surface area contributed by atoms with Crippen molar-refractivity contribution in [3.8, 4) is 0 Å². The predicted octanol–water partition coefficient (Wildman–Crippen LogP) is 0.281. The number of nitrogens with zero attached hydrogens (tertiary/aromatic N) is 4. The summed E-state index contributed by atoms with van der Waals surface area (Å²) in [6, 6.07) is 0. The van der Waals surface area contributed by atoms with Gasteiger partial charge in [-0.3, -0.25) is 0 Å². The van der Waals surface area contributed by atoms with Crippen LogP contribution in [0.2, 0.25) is 0 Å². The summed E-state index contributed by atoms with van der Waals surface area (Å²) in [5, 5.41) is 10.6. The molecule has 0 bridgehead atoms. The van der Waals surface area contributed by atoms with E-state index in [1.54, 1.807) is 6.20 Å². The van der Waals surface area contributed by atoms with Gasteiger partial charge in [0, 0.05) is 0 Å². The summed E-state index contributed by atoms with van der Waals surface area (Å²) in [5.74, 6) is 0. The van der Waals surface area contributed by atoms with Crippen molar-refractivity contribution in [1.29, 1.82) is 0 Å². The van der Waals surface area contributed by atoms with Gasteiger partial charge in [0.05, 0.1) is 10.9 Å². The van der Waals surface area contributed by atoms with E-state index in [0.29, 0.717) is 5.65 Å². The summed E-state index contributed by atoms with van der Waals surface area (Å²) in [5.41, 5.74) is 3.31. The van der Waals surface area contributed by atoms with E-state index < -0.39 is 0 Å². The van der Waals surface area contributed by atoms with Crippen molar-refractivity contribution in [3.63, 3.8) is 0 Å². The maximum Gasteiger partial charge on any atom is 0.196 e. The molecular formula is C4HN4S. The highest BCUT2D eigenvalue weighted by atomic mass is 32.1. The van der Waals surface area contributed by atoms with Crippen molar-refractivity contribution in [2.75, 3.05) is 0 Å². The summed E-state index contributed by atoms with van der Waals surface area (Å²) < 4.78 is 0.921. The molecule has 2 aromatic heterocycles. The fraction of sp³-hybridized carbons (Fsp3) is 0. The second kappa shape index (κ2) is 1.70. The van der Waals surface area contributed by atoms with Crippen LogP contribution in [0, 0.1) is 5.51 Å². The second-order valence-electron chi connectivity index (χ2n) is 1.43. The molecule has 0 saturated carbocycles. The molecule has 5 heteroatoms. The van der Waals surface area contributed by atoms with Gasteiger partial charge in [-0.2, -0.15) is 0 Å². The highest BCUT2D eigenvalue weighted by Gasteiger charge is 1.94. The van der Waals surface area contributed by atoms with Crippen molar-refractivity contribution < 1.29 is 0 Å². The van der Waals surface area contributed by atoms with E-state index in [1.165, 1.54) is 11.3 Å². The van der Waals surface area contributed by atoms with Gasteiger partial charge in [0.15, 0.2) is 11.2 Å². The summed E-state index contributed by atoms with van der Waals surface area (Å²) in [4.78, 5) is 3.80. The van der Waals surface area contributed by atoms with Crippen LogP contribution in [0.1, 0.15) is 0 Å². The molecule has 0 N–H and O–H groups in total. The first-order chi connectivity index (χ1) is 4.47. The maximum atomic E-state index is 3.80. The largest absolute Gasteiger partial charge is 0.212 e. The van der Waals surface area contributed by atoms with E-state index in [1.807, 2.05) is 0 Å². The fourth-order valence-corrected chi connectivity index (χ4v) is 1.03. The Morgan fingerprint density at radius 2 is 2.56 bits per heavy atom. The SMILES string of the molecule is [c]1nc2nnncc2s1. The van der Waals surface area contributed by atoms with Crippen LogP contribution in [-0.2, 0) is 0 Å². The standard InChI is InChI=1S/C4HN4S/c1-3-4(5-2-9-3)7-8-6-1/h1H. The molecule has 0 aliphatic rings. The van der Waals surface area contributed by atoms with E-state index in [-0.39, 0.29) is 0 Å². The molecule has 2 aromatic rings. The molecule has 9 heavy (non-hydrogen) atoms. The Hall–Kier alpha value is -1.10. The molecule has 0 spiro atoms. The predicted molar refractivity (Wildman–Crippen MR) is 31.8 cm³/mol. The first kappa shape index (κ1) is 4.75. The van der Waals surface area contributed by atoms with Crippen molar-refractivity contribution in [1.82, 2.24) is 20.4 Å². The van der Waals surface area contributed by atoms with E-state index in [0.717, 1.165) is 4.70 Å². The van der Waals surface area contributed by atoms with Crippen LogP contribution in [0.25, 0.3) is 10.3 Å². The van der Waals surface area contributed by atoms with Gasteiger partial charge in [-0.15, -0.1) is 21.5 Å². The molecule has 2 heterocycles. The van der Waals surface area contributed by atoms with Gasteiger partial charge in [-0.1, -0.05) is 0 Å². The van der Waals surface area contributed by atoms with Gasteiger partial charge in [0.2, 0.25) is 0 Å². The molecule has 2 rings (SSSR count). The van der Waals surface area contributed by atoms with Crippen LogP contribution < -0.4 is 0 Å². The number of rotatable bonds is 0. The zero-order valence-electron chi connectivity index (χ0n) is 4.27. The first-order valence-corrected chi connectivity index (χ1v) is 3.09. The Balaban J connectivity index is 2.95. The summed E-state index contributed by atoms with van der Waals surface area (Å²) >= 11 is 1.39. The van der Waals surface area contributed by atoms with E-state index in [4.69, 9.17) is 0 Å². The molecule has 0 aliphatic heterocycles. The van der Waals surface area contributed by atoms with Crippen LogP contribution in [0.15, 0.2) is 6.20 Å². The van der Waals surface area contributed by atoms with Gasteiger partial charge in [0.25, 0.3) is 0 Å². The molecule has 0 saturated heterocycles. The monoisotopic (exact) mass is 137 g/mol. The average molecular weight is 137 g/mol. The van der Waals surface area contributed by atoms with Crippen molar-refractivity contribution in [2.45, 2.75) is 0 Å². The number of hydrogen-bond acceptors (Lipinski definition) is 5. The van der Waals surface area contributed by atoms with Crippen LogP contribution in [-0.4, -0.2) is 20.4 Å². The number of aromatic nitrogens is 4. The van der Waals surface area contributed by atoms with Gasteiger partial charge in [-0.05, 0) is 5.21 Å². The molecule has 1 radical (unpaired) electrons. The molecule has 0 atom stereocenters. The number of fused-ring (bicyclic) bond motifs is 1. The Morgan fingerprint density at radius 3 is 3.44 bits per heavy atom. The topological polar surface area (TPSA) is 51.6 Å². The second-order valence-corrected chi connectivity index (χ2v) is 2.25. The van der Waals surface area contributed by atoms with Crippen LogP contribution >= 0.6 is 11.3 Å². The highest BCUT2D eigenvalue weighted by Crippen LogP contribution is 2.09. The van der Waals surface area contributed by atoms with Gasteiger partial charge in [0.1, 0.15) is 0 Å². The van der Waals surface area contributed by atoms with Crippen molar-refractivity contribution in [3.05, 3.63) is 11.7 Å². The lowest BCUT2D eigenvalue weighted by molar-refractivity contribution is 0.889. The average Bonchev–Trinajstić information content (AvgIpc) is 2.33. The number of hydrogen-bond donors (Lipinski definition) is 0. The minimum absolute atomic E-state index is 0.620. The van der Waals surface area contributed by atoms with Crippen LogP contribution in [0.4, 0.5) is 0 Å². The fourth-order valence-electron chi connectivity index (χ4n) is 0.518. The summed E-state index contributed by atoms with van der Waals surface area (Å²) in [6.45, 7) is 0. The van der Waals surface area contributed by atoms with Gasteiger partial charge in [-0.25, -0.2) is 4.98 Å².